The van der Waals surface area contributed by atoms with Crippen LogP contribution in [0.2, 0.25) is 5.02 Å². The summed E-state index contributed by atoms with van der Waals surface area (Å²) in [6, 6.07) is 15.1. The topological polar surface area (TPSA) is 12.0 Å². The maximum absolute atomic E-state index is 6.26. The van der Waals surface area contributed by atoms with Crippen LogP contribution in [0.3, 0.4) is 0 Å². The van der Waals surface area contributed by atoms with Crippen molar-refractivity contribution in [3.05, 3.63) is 58.6 Å². The quantitative estimate of drug-likeness (QED) is 0.762. The van der Waals surface area contributed by atoms with Crippen molar-refractivity contribution in [3.63, 3.8) is 0 Å². The Bertz CT molecular complexity index is 573. The summed E-state index contributed by atoms with van der Waals surface area (Å²) < 4.78 is 0. The number of nitrogens with one attached hydrogen (secondary N) is 1. The molecule has 0 atom stereocenters. The smallest absolute Gasteiger partial charge is 0.0451 e. The molecule has 2 aromatic carbocycles. The Hall–Kier alpha value is -1.31. The molecule has 2 heteroatoms. The van der Waals surface area contributed by atoms with E-state index in [2.05, 4.69) is 62.5 Å². The third-order valence-corrected chi connectivity index (χ3v) is 3.91. The Labute approximate surface area is 133 Å². The summed E-state index contributed by atoms with van der Waals surface area (Å²) in [6.45, 7) is 8.37. The largest absolute Gasteiger partial charge is 0.313 e. The SMILES string of the molecule is CCNCc1cc(-c2ccc(CC(C)C)cc2)ccc1Cl. The maximum atomic E-state index is 6.26. The monoisotopic (exact) mass is 301 g/mol. The van der Waals surface area contributed by atoms with Crippen LogP contribution in [0.25, 0.3) is 11.1 Å². The predicted octanol–water partition coefficient (Wildman–Crippen LogP) is 5.32. The molecule has 21 heavy (non-hydrogen) atoms. The van der Waals surface area contributed by atoms with Crippen molar-refractivity contribution >= 4 is 11.6 Å². The summed E-state index contributed by atoms with van der Waals surface area (Å²) in [6.07, 6.45) is 1.13. The Morgan fingerprint density at radius 1 is 1.00 bits per heavy atom. The van der Waals surface area contributed by atoms with Crippen LogP contribution in [-0.4, -0.2) is 6.54 Å². The van der Waals surface area contributed by atoms with E-state index < -0.39 is 0 Å². The van der Waals surface area contributed by atoms with Gasteiger partial charge < -0.3 is 5.32 Å². The van der Waals surface area contributed by atoms with Crippen LogP contribution in [0.15, 0.2) is 42.5 Å². The van der Waals surface area contributed by atoms with Crippen LogP contribution in [0.4, 0.5) is 0 Å². The Morgan fingerprint density at radius 3 is 2.29 bits per heavy atom. The van der Waals surface area contributed by atoms with E-state index in [1.54, 1.807) is 0 Å². The fourth-order valence-electron chi connectivity index (χ4n) is 2.45. The molecule has 2 aromatic rings. The zero-order chi connectivity index (χ0) is 15.2. The molecular weight excluding hydrogens is 278 g/mol. The molecule has 0 radical (unpaired) electrons. The lowest BCUT2D eigenvalue weighted by Gasteiger charge is -2.10. The minimum Gasteiger partial charge on any atom is -0.313 e. The number of rotatable bonds is 6. The highest BCUT2D eigenvalue weighted by Crippen LogP contribution is 2.26. The molecule has 1 N–H and O–H groups in total. The van der Waals surface area contributed by atoms with Crippen molar-refractivity contribution in [2.75, 3.05) is 6.54 Å². The fourth-order valence-corrected chi connectivity index (χ4v) is 2.64. The van der Waals surface area contributed by atoms with E-state index in [0.717, 1.165) is 30.1 Å². The van der Waals surface area contributed by atoms with Gasteiger partial charge in [0.25, 0.3) is 0 Å². The molecule has 0 saturated carbocycles. The van der Waals surface area contributed by atoms with E-state index >= 15 is 0 Å². The van der Waals surface area contributed by atoms with Crippen LogP contribution in [0.1, 0.15) is 31.9 Å². The van der Waals surface area contributed by atoms with E-state index in [9.17, 15) is 0 Å². The predicted molar refractivity (Wildman–Crippen MR) is 92.8 cm³/mol. The average molecular weight is 302 g/mol. The third kappa shape index (κ3) is 4.59. The third-order valence-electron chi connectivity index (χ3n) is 3.54. The van der Waals surface area contributed by atoms with Crippen molar-refractivity contribution in [3.8, 4) is 11.1 Å². The van der Waals surface area contributed by atoms with Crippen molar-refractivity contribution in [1.82, 2.24) is 5.32 Å². The summed E-state index contributed by atoms with van der Waals surface area (Å²) in [7, 11) is 0. The van der Waals surface area contributed by atoms with E-state index in [-0.39, 0.29) is 0 Å². The second kappa shape index (κ2) is 7.63. The normalized spacial score (nSPS) is 11.1. The minimum atomic E-state index is 0.693. The summed E-state index contributed by atoms with van der Waals surface area (Å²) in [5, 5.41) is 4.16. The maximum Gasteiger partial charge on any atom is 0.0451 e. The molecular formula is C19H24ClN. The van der Waals surface area contributed by atoms with Crippen LogP contribution in [-0.2, 0) is 13.0 Å². The molecule has 2 rings (SSSR count). The number of halogens is 1. The van der Waals surface area contributed by atoms with Crippen molar-refractivity contribution in [2.45, 2.75) is 33.7 Å². The number of hydrogen-bond acceptors (Lipinski definition) is 1. The first kappa shape index (κ1) is 16.1. The van der Waals surface area contributed by atoms with Gasteiger partial charge >= 0.3 is 0 Å². The lowest BCUT2D eigenvalue weighted by molar-refractivity contribution is 0.647. The van der Waals surface area contributed by atoms with Gasteiger partial charge in [-0.1, -0.05) is 62.7 Å². The second-order valence-corrected chi connectivity index (χ2v) is 6.29. The molecule has 0 saturated heterocycles. The molecule has 1 nitrogen and oxygen atoms in total. The molecule has 0 spiro atoms. The summed E-state index contributed by atoms with van der Waals surface area (Å²) in [5.41, 5.74) is 5.03. The number of hydrogen-bond donors (Lipinski definition) is 1. The van der Waals surface area contributed by atoms with Gasteiger partial charge in [-0.05, 0) is 53.3 Å². The van der Waals surface area contributed by atoms with Gasteiger partial charge in [0.05, 0.1) is 0 Å². The average Bonchev–Trinajstić information content (AvgIpc) is 2.47. The zero-order valence-corrected chi connectivity index (χ0v) is 13.9. The van der Waals surface area contributed by atoms with Crippen LogP contribution in [0, 0.1) is 5.92 Å². The molecule has 0 aromatic heterocycles. The summed E-state index contributed by atoms with van der Waals surface area (Å²) >= 11 is 6.26. The van der Waals surface area contributed by atoms with E-state index in [1.807, 2.05) is 6.07 Å². The van der Waals surface area contributed by atoms with E-state index in [0.29, 0.717) is 5.92 Å². The second-order valence-electron chi connectivity index (χ2n) is 5.88. The van der Waals surface area contributed by atoms with E-state index in [1.165, 1.54) is 16.7 Å². The Morgan fingerprint density at radius 2 is 1.67 bits per heavy atom. The lowest BCUT2D eigenvalue weighted by Crippen LogP contribution is -2.12. The highest BCUT2D eigenvalue weighted by atomic mass is 35.5. The summed E-state index contributed by atoms with van der Waals surface area (Å²) in [4.78, 5) is 0. The number of benzene rings is 2. The fraction of sp³-hybridized carbons (Fsp3) is 0.368. The van der Waals surface area contributed by atoms with Gasteiger partial charge in [0, 0.05) is 11.6 Å². The van der Waals surface area contributed by atoms with Gasteiger partial charge in [0.1, 0.15) is 0 Å². The van der Waals surface area contributed by atoms with Gasteiger partial charge in [-0.3, -0.25) is 0 Å². The van der Waals surface area contributed by atoms with Gasteiger partial charge in [-0.2, -0.15) is 0 Å². The molecule has 0 bridgehead atoms. The van der Waals surface area contributed by atoms with Crippen molar-refractivity contribution in [1.29, 1.82) is 0 Å². The molecule has 0 unspecified atom stereocenters. The molecule has 0 heterocycles. The summed E-state index contributed by atoms with van der Waals surface area (Å²) in [5.74, 6) is 0.693. The van der Waals surface area contributed by atoms with Gasteiger partial charge in [-0.25, -0.2) is 0 Å². The zero-order valence-electron chi connectivity index (χ0n) is 13.1. The first-order valence-electron chi connectivity index (χ1n) is 7.68. The molecule has 112 valence electrons. The van der Waals surface area contributed by atoms with Gasteiger partial charge in [0.2, 0.25) is 0 Å². The van der Waals surface area contributed by atoms with Crippen molar-refractivity contribution in [2.24, 2.45) is 5.92 Å². The standard InChI is InChI=1S/C19H24ClN/c1-4-21-13-18-12-17(9-10-19(18)20)16-7-5-15(6-8-16)11-14(2)3/h5-10,12,14,21H,4,11,13H2,1-3H3. The minimum absolute atomic E-state index is 0.693. The molecule has 0 aliphatic carbocycles. The highest BCUT2D eigenvalue weighted by Gasteiger charge is 2.04. The first-order valence-corrected chi connectivity index (χ1v) is 8.06. The van der Waals surface area contributed by atoms with Crippen LogP contribution in [0.5, 0.6) is 0 Å². The first-order chi connectivity index (χ1) is 10.1. The Kier molecular flexibility index (Phi) is 5.84. The van der Waals surface area contributed by atoms with Gasteiger partial charge in [-0.15, -0.1) is 0 Å². The highest BCUT2D eigenvalue weighted by molar-refractivity contribution is 6.31. The molecule has 0 amide bonds. The lowest BCUT2D eigenvalue weighted by atomic mass is 9.98. The Balaban J connectivity index is 2.21. The molecule has 0 fully saturated rings. The molecule has 0 aliphatic heterocycles. The molecule has 0 aliphatic rings. The van der Waals surface area contributed by atoms with Gasteiger partial charge in [0.15, 0.2) is 0 Å². The van der Waals surface area contributed by atoms with Crippen molar-refractivity contribution < 1.29 is 0 Å². The van der Waals surface area contributed by atoms with E-state index in [4.69, 9.17) is 11.6 Å². The van der Waals surface area contributed by atoms with Crippen LogP contribution < -0.4 is 5.32 Å². The van der Waals surface area contributed by atoms with Crippen LogP contribution >= 0.6 is 11.6 Å².